The van der Waals surface area contributed by atoms with Crippen LogP contribution in [-0.4, -0.2) is 11.1 Å². The number of rotatable bonds is 6. The first-order valence-electron chi connectivity index (χ1n) is 4.66. The zero-order valence-electron chi connectivity index (χ0n) is 8.21. The Morgan fingerprint density at radius 1 is 1.42 bits per heavy atom. The van der Waals surface area contributed by atoms with Crippen LogP contribution in [0.15, 0.2) is 12.3 Å². The smallest absolute Gasteiger partial charge is 0.0851 e. The van der Waals surface area contributed by atoms with Crippen LogP contribution in [0.2, 0.25) is 0 Å². The van der Waals surface area contributed by atoms with Crippen molar-refractivity contribution in [3.8, 4) is 0 Å². The Morgan fingerprint density at radius 2 is 2.00 bits per heavy atom. The number of hydrogen-bond acceptors (Lipinski definition) is 2. The predicted octanol–water partition coefficient (Wildman–Crippen LogP) is 2.60. The third-order valence-electron chi connectivity index (χ3n) is 2.11. The molecule has 0 radical (unpaired) electrons. The topological polar surface area (TPSA) is 46.2 Å². The van der Waals surface area contributed by atoms with E-state index in [9.17, 15) is 0 Å². The monoisotopic (exact) mass is 171 g/mol. The standard InChI is InChI=1S/C10H21NO/c1-8(2)10(11)7-5-4-6-9(3)12/h8,10,12H,3-7,11H2,1-2H3/t10-/m1/s1. The van der Waals surface area contributed by atoms with E-state index in [0.717, 1.165) is 19.3 Å². The van der Waals surface area contributed by atoms with Gasteiger partial charge in [0.1, 0.15) is 0 Å². The second-order valence-electron chi connectivity index (χ2n) is 3.72. The maximum atomic E-state index is 8.80. The molecule has 0 aliphatic heterocycles. The summed E-state index contributed by atoms with van der Waals surface area (Å²) in [4.78, 5) is 0. The number of hydrogen-bond donors (Lipinski definition) is 2. The van der Waals surface area contributed by atoms with Crippen molar-refractivity contribution in [2.75, 3.05) is 0 Å². The number of unbranched alkanes of at least 4 members (excludes halogenated alkanes) is 1. The summed E-state index contributed by atoms with van der Waals surface area (Å²) in [5.74, 6) is 0.843. The van der Waals surface area contributed by atoms with Crippen molar-refractivity contribution >= 4 is 0 Å². The van der Waals surface area contributed by atoms with E-state index in [-0.39, 0.29) is 5.76 Å². The van der Waals surface area contributed by atoms with Gasteiger partial charge >= 0.3 is 0 Å². The summed E-state index contributed by atoms with van der Waals surface area (Å²) < 4.78 is 0. The highest BCUT2D eigenvalue weighted by atomic mass is 16.3. The van der Waals surface area contributed by atoms with E-state index in [0.29, 0.717) is 18.4 Å². The normalized spacial score (nSPS) is 13.3. The molecule has 2 heteroatoms. The van der Waals surface area contributed by atoms with Gasteiger partial charge in [-0.15, -0.1) is 0 Å². The largest absolute Gasteiger partial charge is 0.513 e. The molecule has 0 spiro atoms. The van der Waals surface area contributed by atoms with Crippen molar-refractivity contribution < 1.29 is 5.11 Å². The summed E-state index contributed by atoms with van der Waals surface area (Å²) in [6.07, 6.45) is 3.84. The van der Waals surface area contributed by atoms with Gasteiger partial charge in [0.15, 0.2) is 0 Å². The maximum Gasteiger partial charge on any atom is 0.0851 e. The molecule has 0 bridgehead atoms. The second kappa shape index (κ2) is 6.06. The lowest BCUT2D eigenvalue weighted by Gasteiger charge is -2.14. The van der Waals surface area contributed by atoms with E-state index >= 15 is 0 Å². The van der Waals surface area contributed by atoms with Crippen LogP contribution in [-0.2, 0) is 0 Å². The molecule has 0 aromatic rings. The van der Waals surface area contributed by atoms with Crippen LogP contribution >= 0.6 is 0 Å². The highest BCUT2D eigenvalue weighted by Gasteiger charge is 2.06. The summed E-state index contributed by atoms with van der Waals surface area (Å²) in [7, 11) is 0. The Morgan fingerprint density at radius 3 is 2.42 bits per heavy atom. The van der Waals surface area contributed by atoms with Crippen LogP contribution in [0.3, 0.4) is 0 Å². The van der Waals surface area contributed by atoms with Crippen LogP contribution in [0, 0.1) is 5.92 Å². The van der Waals surface area contributed by atoms with Crippen molar-refractivity contribution in [2.45, 2.75) is 45.6 Å². The average Bonchev–Trinajstić information content (AvgIpc) is 1.97. The first-order valence-corrected chi connectivity index (χ1v) is 4.66. The molecule has 12 heavy (non-hydrogen) atoms. The van der Waals surface area contributed by atoms with E-state index in [1.807, 2.05) is 0 Å². The van der Waals surface area contributed by atoms with Gasteiger partial charge in [0, 0.05) is 12.5 Å². The molecule has 0 aromatic heterocycles. The predicted molar refractivity (Wildman–Crippen MR) is 53.1 cm³/mol. The van der Waals surface area contributed by atoms with Crippen LogP contribution in [0.25, 0.3) is 0 Å². The first-order chi connectivity index (χ1) is 5.54. The van der Waals surface area contributed by atoms with Crippen LogP contribution in [0.1, 0.15) is 39.5 Å². The molecule has 0 fully saturated rings. The minimum absolute atomic E-state index is 0.285. The lowest BCUT2D eigenvalue weighted by molar-refractivity contribution is 0.377. The molecule has 72 valence electrons. The van der Waals surface area contributed by atoms with Crippen LogP contribution in [0.4, 0.5) is 0 Å². The summed E-state index contributed by atoms with van der Waals surface area (Å²) in [5.41, 5.74) is 5.85. The summed E-state index contributed by atoms with van der Waals surface area (Å²) in [5, 5.41) is 8.80. The summed E-state index contributed by atoms with van der Waals surface area (Å²) >= 11 is 0. The molecule has 0 saturated heterocycles. The molecule has 0 aliphatic carbocycles. The van der Waals surface area contributed by atoms with Crippen LogP contribution in [0.5, 0.6) is 0 Å². The van der Waals surface area contributed by atoms with Crippen LogP contribution < -0.4 is 5.73 Å². The van der Waals surface area contributed by atoms with Crippen molar-refractivity contribution in [3.63, 3.8) is 0 Å². The Balaban J connectivity index is 3.25. The van der Waals surface area contributed by atoms with Gasteiger partial charge in [-0.25, -0.2) is 0 Å². The molecule has 0 rings (SSSR count). The molecule has 0 aromatic carbocycles. The zero-order chi connectivity index (χ0) is 9.56. The number of nitrogens with two attached hydrogens (primary N) is 1. The van der Waals surface area contributed by atoms with E-state index in [1.165, 1.54) is 0 Å². The Hall–Kier alpha value is -0.500. The number of allylic oxidation sites excluding steroid dienone is 1. The van der Waals surface area contributed by atoms with Crippen molar-refractivity contribution in [3.05, 3.63) is 12.3 Å². The average molecular weight is 171 g/mol. The molecule has 0 amide bonds. The Kier molecular flexibility index (Phi) is 5.81. The molecule has 0 unspecified atom stereocenters. The summed E-state index contributed by atoms with van der Waals surface area (Å²) in [6, 6.07) is 0.303. The number of aliphatic hydroxyl groups excluding tert-OH is 1. The third kappa shape index (κ3) is 6.23. The minimum atomic E-state index is 0.285. The fraction of sp³-hybridized carbons (Fsp3) is 0.800. The van der Waals surface area contributed by atoms with Gasteiger partial charge in [-0.3, -0.25) is 0 Å². The van der Waals surface area contributed by atoms with E-state index < -0.39 is 0 Å². The lowest BCUT2D eigenvalue weighted by Crippen LogP contribution is -2.25. The van der Waals surface area contributed by atoms with E-state index in [2.05, 4.69) is 20.4 Å². The Bertz CT molecular complexity index is 132. The molecule has 2 nitrogen and oxygen atoms in total. The quantitative estimate of drug-likeness (QED) is 0.476. The minimum Gasteiger partial charge on any atom is -0.513 e. The fourth-order valence-corrected chi connectivity index (χ4v) is 1.04. The summed E-state index contributed by atoms with van der Waals surface area (Å²) in [6.45, 7) is 7.70. The van der Waals surface area contributed by atoms with E-state index in [1.54, 1.807) is 0 Å². The molecule has 1 atom stereocenters. The Labute approximate surface area is 75.5 Å². The van der Waals surface area contributed by atoms with Gasteiger partial charge in [-0.2, -0.15) is 0 Å². The van der Waals surface area contributed by atoms with Gasteiger partial charge in [0.2, 0.25) is 0 Å². The van der Waals surface area contributed by atoms with Gasteiger partial charge in [-0.05, 0) is 18.8 Å². The molecular weight excluding hydrogens is 150 g/mol. The maximum absolute atomic E-state index is 8.80. The SMILES string of the molecule is C=C(O)CCCC[C@@H](N)C(C)C. The van der Waals surface area contributed by atoms with Crippen molar-refractivity contribution in [1.82, 2.24) is 0 Å². The molecule has 0 saturated carbocycles. The lowest BCUT2D eigenvalue weighted by atomic mass is 9.99. The van der Waals surface area contributed by atoms with Crippen molar-refractivity contribution in [2.24, 2.45) is 11.7 Å². The van der Waals surface area contributed by atoms with E-state index in [4.69, 9.17) is 10.8 Å². The van der Waals surface area contributed by atoms with Gasteiger partial charge < -0.3 is 10.8 Å². The zero-order valence-corrected chi connectivity index (χ0v) is 8.21. The third-order valence-corrected chi connectivity index (χ3v) is 2.11. The number of aliphatic hydroxyl groups is 1. The molecule has 0 aliphatic rings. The van der Waals surface area contributed by atoms with Gasteiger partial charge in [0.05, 0.1) is 5.76 Å². The highest BCUT2D eigenvalue weighted by molar-refractivity contribution is 4.78. The van der Waals surface area contributed by atoms with Gasteiger partial charge in [-0.1, -0.05) is 26.8 Å². The molecular formula is C10H21NO. The van der Waals surface area contributed by atoms with Crippen molar-refractivity contribution in [1.29, 1.82) is 0 Å². The highest BCUT2D eigenvalue weighted by Crippen LogP contribution is 2.10. The van der Waals surface area contributed by atoms with Gasteiger partial charge in [0.25, 0.3) is 0 Å². The molecule has 3 N–H and O–H groups in total. The fourth-order valence-electron chi connectivity index (χ4n) is 1.04. The molecule has 0 heterocycles. The second-order valence-corrected chi connectivity index (χ2v) is 3.72. The first kappa shape index (κ1) is 11.5.